The minimum atomic E-state index is 0.418. The number of allylic oxidation sites excluding steroid dienone is 6. The third-order valence-corrected chi connectivity index (χ3v) is 2.33. The first-order valence-electron chi connectivity index (χ1n) is 5.30. The second kappa shape index (κ2) is 5.58. The third-order valence-electron chi connectivity index (χ3n) is 2.33. The van der Waals surface area contributed by atoms with Crippen molar-refractivity contribution < 1.29 is 0 Å². The van der Waals surface area contributed by atoms with Gasteiger partial charge in [0.05, 0.1) is 0 Å². The summed E-state index contributed by atoms with van der Waals surface area (Å²) in [4.78, 5) is 4.27. The highest BCUT2D eigenvalue weighted by atomic mass is 14.7. The zero-order valence-corrected chi connectivity index (χ0v) is 9.27. The van der Waals surface area contributed by atoms with E-state index in [9.17, 15) is 0 Å². The van der Waals surface area contributed by atoms with Crippen LogP contribution < -0.4 is 0 Å². The zero-order chi connectivity index (χ0) is 10.4. The highest BCUT2D eigenvalue weighted by Gasteiger charge is 2.04. The van der Waals surface area contributed by atoms with Gasteiger partial charge in [-0.25, -0.2) is 0 Å². The lowest BCUT2D eigenvalue weighted by molar-refractivity contribution is 0.927. The number of hydrogen-bond donors (Lipinski definition) is 0. The molecule has 1 rings (SSSR count). The van der Waals surface area contributed by atoms with Gasteiger partial charge in [0.1, 0.15) is 0 Å². The molecule has 2 unspecified atom stereocenters. The summed E-state index contributed by atoms with van der Waals surface area (Å²) in [6.07, 6.45) is 13.0. The Hall–Kier alpha value is -1.11. The predicted octanol–water partition coefficient (Wildman–Crippen LogP) is 3.40. The van der Waals surface area contributed by atoms with Crippen LogP contribution in [0, 0.1) is 11.8 Å². The summed E-state index contributed by atoms with van der Waals surface area (Å²) >= 11 is 0. The summed E-state index contributed by atoms with van der Waals surface area (Å²) in [6, 6.07) is 0. The van der Waals surface area contributed by atoms with E-state index < -0.39 is 0 Å². The van der Waals surface area contributed by atoms with Crippen molar-refractivity contribution >= 4 is 6.21 Å². The molecule has 0 aromatic carbocycles. The van der Waals surface area contributed by atoms with Crippen LogP contribution in [0.15, 0.2) is 40.9 Å². The lowest BCUT2D eigenvalue weighted by Crippen LogP contribution is -1.98. The summed E-state index contributed by atoms with van der Waals surface area (Å²) < 4.78 is 0. The average molecular weight is 189 g/mol. The molecule has 0 spiro atoms. The molecule has 0 heterocycles. The molecule has 0 amide bonds. The average Bonchev–Trinajstić information content (AvgIpc) is 2.39. The van der Waals surface area contributed by atoms with Gasteiger partial charge in [-0.15, -0.1) is 0 Å². The van der Waals surface area contributed by atoms with Crippen molar-refractivity contribution in [2.75, 3.05) is 6.54 Å². The molecular weight excluding hydrogens is 170 g/mol. The fourth-order valence-corrected chi connectivity index (χ4v) is 1.38. The quantitative estimate of drug-likeness (QED) is 0.603. The second-order valence-electron chi connectivity index (χ2n) is 3.71. The van der Waals surface area contributed by atoms with E-state index in [2.05, 4.69) is 56.1 Å². The van der Waals surface area contributed by atoms with Gasteiger partial charge in [0.15, 0.2) is 0 Å². The van der Waals surface area contributed by atoms with Crippen molar-refractivity contribution in [3.8, 4) is 0 Å². The number of aliphatic imine (C=N–C) groups is 1. The standard InChI is InChI=1S/C13H19N/c1-4-14-10-12(3)13-7-5-6-11(2)8-9-13/h5-12H,4H2,1-3H3. The maximum atomic E-state index is 4.27. The van der Waals surface area contributed by atoms with Crippen LogP contribution >= 0.6 is 0 Å². The Morgan fingerprint density at radius 3 is 3.00 bits per heavy atom. The first-order chi connectivity index (χ1) is 6.74. The van der Waals surface area contributed by atoms with E-state index in [4.69, 9.17) is 0 Å². The highest BCUT2D eigenvalue weighted by Crippen LogP contribution is 2.15. The molecule has 76 valence electrons. The van der Waals surface area contributed by atoms with Crippen molar-refractivity contribution in [2.24, 2.45) is 16.8 Å². The molecule has 2 atom stereocenters. The molecule has 1 nitrogen and oxygen atoms in total. The first-order valence-corrected chi connectivity index (χ1v) is 5.30. The fourth-order valence-electron chi connectivity index (χ4n) is 1.38. The third kappa shape index (κ3) is 3.33. The Morgan fingerprint density at radius 2 is 2.29 bits per heavy atom. The largest absolute Gasteiger partial charge is 0.297 e. The predicted molar refractivity (Wildman–Crippen MR) is 63.7 cm³/mol. The van der Waals surface area contributed by atoms with Crippen LogP contribution in [0.4, 0.5) is 0 Å². The summed E-state index contributed by atoms with van der Waals surface area (Å²) in [5, 5.41) is 0. The molecule has 1 heteroatoms. The lowest BCUT2D eigenvalue weighted by atomic mass is 10.0. The number of rotatable bonds is 3. The maximum Gasteiger partial charge on any atom is 0.0357 e. The topological polar surface area (TPSA) is 12.4 Å². The Balaban J connectivity index is 2.68. The summed E-state index contributed by atoms with van der Waals surface area (Å²) in [7, 11) is 0. The van der Waals surface area contributed by atoms with Gasteiger partial charge in [-0.1, -0.05) is 44.2 Å². The van der Waals surface area contributed by atoms with E-state index >= 15 is 0 Å². The van der Waals surface area contributed by atoms with Gasteiger partial charge in [0, 0.05) is 18.7 Å². The van der Waals surface area contributed by atoms with Crippen molar-refractivity contribution in [3.05, 3.63) is 36.0 Å². The normalized spacial score (nSPS) is 23.6. The summed E-state index contributed by atoms with van der Waals surface area (Å²) in [6.45, 7) is 7.30. The Morgan fingerprint density at radius 1 is 1.50 bits per heavy atom. The molecule has 0 saturated carbocycles. The van der Waals surface area contributed by atoms with Gasteiger partial charge in [-0.2, -0.15) is 0 Å². The van der Waals surface area contributed by atoms with Crippen molar-refractivity contribution in [2.45, 2.75) is 20.8 Å². The van der Waals surface area contributed by atoms with E-state index in [0.717, 1.165) is 6.54 Å². The van der Waals surface area contributed by atoms with E-state index in [1.54, 1.807) is 0 Å². The SMILES string of the molecule is CCN=CC(C)C1=CC=CC(C)C=C1. The van der Waals surface area contributed by atoms with Gasteiger partial charge in [0.25, 0.3) is 0 Å². The molecular formula is C13H19N. The van der Waals surface area contributed by atoms with Crippen molar-refractivity contribution in [3.63, 3.8) is 0 Å². The van der Waals surface area contributed by atoms with Gasteiger partial charge in [-0.05, 0) is 18.4 Å². The summed E-state index contributed by atoms with van der Waals surface area (Å²) in [5.41, 5.74) is 1.34. The minimum absolute atomic E-state index is 0.418. The molecule has 14 heavy (non-hydrogen) atoms. The molecule has 0 radical (unpaired) electrons. The number of hydrogen-bond acceptors (Lipinski definition) is 1. The molecule has 0 N–H and O–H groups in total. The van der Waals surface area contributed by atoms with Crippen LogP contribution in [-0.2, 0) is 0 Å². The van der Waals surface area contributed by atoms with Gasteiger partial charge >= 0.3 is 0 Å². The van der Waals surface area contributed by atoms with Crippen LogP contribution in [-0.4, -0.2) is 12.8 Å². The molecule has 1 aliphatic carbocycles. The molecule has 0 bridgehead atoms. The van der Waals surface area contributed by atoms with Gasteiger partial charge in [0.2, 0.25) is 0 Å². The van der Waals surface area contributed by atoms with Crippen molar-refractivity contribution in [1.29, 1.82) is 0 Å². The lowest BCUT2D eigenvalue weighted by Gasteiger charge is -2.05. The second-order valence-corrected chi connectivity index (χ2v) is 3.71. The monoisotopic (exact) mass is 189 g/mol. The smallest absolute Gasteiger partial charge is 0.0357 e. The minimum Gasteiger partial charge on any atom is -0.297 e. The molecule has 0 aromatic rings. The van der Waals surface area contributed by atoms with Gasteiger partial charge < -0.3 is 0 Å². The fraction of sp³-hybridized carbons (Fsp3) is 0.462. The first kappa shape index (κ1) is 11.0. The highest BCUT2D eigenvalue weighted by molar-refractivity contribution is 5.66. The van der Waals surface area contributed by atoms with E-state index in [1.807, 2.05) is 6.21 Å². The van der Waals surface area contributed by atoms with Crippen LogP contribution in [0.25, 0.3) is 0 Å². The Labute approximate surface area is 86.9 Å². The van der Waals surface area contributed by atoms with Crippen LogP contribution in [0.3, 0.4) is 0 Å². The van der Waals surface area contributed by atoms with E-state index in [0.29, 0.717) is 11.8 Å². The van der Waals surface area contributed by atoms with Crippen molar-refractivity contribution in [1.82, 2.24) is 0 Å². The molecule has 1 aliphatic rings. The molecule has 0 aromatic heterocycles. The zero-order valence-electron chi connectivity index (χ0n) is 9.27. The van der Waals surface area contributed by atoms with Gasteiger partial charge in [-0.3, -0.25) is 4.99 Å². The maximum absolute atomic E-state index is 4.27. The Bertz CT molecular complexity index is 282. The molecule has 0 saturated heterocycles. The number of nitrogens with zero attached hydrogens (tertiary/aromatic N) is 1. The molecule has 0 aliphatic heterocycles. The van der Waals surface area contributed by atoms with Crippen LogP contribution in [0.1, 0.15) is 20.8 Å². The molecule has 0 fully saturated rings. The van der Waals surface area contributed by atoms with E-state index in [1.165, 1.54) is 5.57 Å². The van der Waals surface area contributed by atoms with Crippen LogP contribution in [0.2, 0.25) is 0 Å². The Kier molecular flexibility index (Phi) is 4.37. The summed E-state index contributed by atoms with van der Waals surface area (Å²) in [5.74, 6) is 0.959. The van der Waals surface area contributed by atoms with E-state index in [-0.39, 0.29) is 0 Å². The van der Waals surface area contributed by atoms with Crippen LogP contribution in [0.5, 0.6) is 0 Å².